The van der Waals surface area contributed by atoms with Gasteiger partial charge < -0.3 is 4.90 Å². The molecule has 0 spiro atoms. The number of alkyl halides is 3. The number of nitrogens with zero attached hydrogens (tertiary/aromatic N) is 3. The van der Waals surface area contributed by atoms with Crippen LogP contribution in [0, 0.1) is 0 Å². The first-order chi connectivity index (χ1) is 10.9. The molecule has 122 valence electrons. The molecule has 1 fully saturated rings. The molecule has 2 heterocycles. The van der Waals surface area contributed by atoms with Crippen LogP contribution in [0.4, 0.5) is 19.0 Å². The SMILES string of the molecule is CC1(Cc2ccccc2)CCCN1c1ccc(C(F)(F)F)nn1. The molecule has 0 saturated carbocycles. The van der Waals surface area contributed by atoms with Crippen LogP contribution in [0.15, 0.2) is 42.5 Å². The molecule has 3 rings (SSSR count). The van der Waals surface area contributed by atoms with Crippen LogP contribution in [0.2, 0.25) is 0 Å². The Morgan fingerprint density at radius 1 is 1.09 bits per heavy atom. The van der Waals surface area contributed by atoms with Crippen LogP contribution in [0.1, 0.15) is 31.0 Å². The largest absolute Gasteiger partial charge is 0.435 e. The van der Waals surface area contributed by atoms with Crippen molar-refractivity contribution in [1.82, 2.24) is 10.2 Å². The molecule has 1 atom stereocenters. The lowest BCUT2D eigenvalue weighted by Crippen LogP contribution is -2.43. The van der Waals surface area contributed by atoms with Gasteiger partial charge >= 0.3 is 6.18 Å². The molecule has 3 nitrogen and oxygen atoms in total. The monoisotopic (exact) mass is 321 g/mol. The third kappa shape index (κ3) is 3.30. The summed E-state index contributed by atoms with van der Waals surface area (Å²) in [5.74, 6) is 0.508. The van der Waals surface area contributed by atoms with Crippen molar-refractivity contribution in [1.29, 1.82) is 0 Å². The Bertz CT molecular complexity index is 655. The molecule has 23 heavy (non-hydrogen) atoms. The summed E-state index contributed by atoms with van der Waals surface area (Å²) in [6.07, 6.45) is -1.66. The summed E-state index contributed by atoms with van der Waals surface area (Å²) >= 11 is 0. The molecular formula is C17H18F3N3. The van der Waals surface area contributed by atoms with Gasteiger partial charge in [0.2, 0.25) is 0 Å². The lowest BCUT2D eigenvalue weighted by Gasteiger charge is -2.36. The summed E-state index contributed by atoms with van der Waals surface area (Å²) in [5, 5.41) is 7.17. The Kier molecular flexibility index (Phi) is 4.00. The van der Waals surface area contributed by atoms with Crippen LogP contribution in [-0.4, -0.2) is 22.3 Å². The van der Waals surface area contributed by atoms with Gasteiger partial charge in [-0.3, -0.25) is 0 Å². The number of rotatable bonds is 3. The molecule has 0 amide bonds. The summed E-state index contributed by atoms with van der Waals surface area (Å²) in [6.45, 7) is 2.91. The van der Waals surface area contributed by atoms with E-state index in [1.165, 1.54) is 11.6 Å². The van der Waals surface area contributed by atoms with Gasteiger partial charge in [0.15, 0.2) is 11.5 Å². The molecule has 0 N–H and O–H groups in total. The third-order valence-electron chi connectivity index (χ3n) is 4.39. The second-order valence-corrected chi connectivity index (χ2v) is 6.19. The zero-order valence-electron chi connectivity index (χ0n) is 12.8. The number of hydrogen-bond donors (Lipinski definition) is 0. The lowest BCUT2D eigenvalue weighted by atomic mass is 9.90. The highest BCUT2D eigenvalue weighted by atomic mass is 19.4. The molecule has 0 bridgehead atoms. The first-order valence-corrected chi connectivity index (χ1v) is 7.61. The molecular weight excluding hydrogens is 303 g/mol. The summed E-state index contributed by atoms with van der Waals surface area (Å²) < 4.78 is 37.9. The summed E-state index contributed by atoms with van der Waals surface area (Å²) in [6, 6.07) is 12.5. The maximum atomic E-state index is 12.6. The van der Waals surface area contributed by atoms with Crippen molar-refractivity contribution in [3.63, 3.8) is 0 Å². The molecule has 2 aromatic rings. The number of aromatic nitrogens is 2. The standard InChI is InChI=1S/C17H18F3N3/c1-16(12-13-6-3-2-4-7-13)10-5-11-23(16)15-9-8-14(21-22-15)17(18,19)20/h2-4,6-9H,5,10-12H2,1H3. The Labute approximate surface area is 133 Å². The minimum absolute atomic E-state index is 0.157. The average Bonchev–Trinajstić information content (AvgIpc) is 2.89. The van der Waals surface area contributed by atoms with Crippen molar-refractivity contribution in [2.45, 2.75) is 37.9 Å². The zero-order chi connectivity index (χ0) is 16.5. The van der Waals surface area contributed by atoms with Gasteiger partial charge in [-0.1, -0.05) is 30.3 Å². The predicted octanol–water partition coefficient (Wildman–Crippen LogP) is 4.10. The fourth-order valence-corrected chi connectivity index (χ4v) is 3.25. The van der Waals surface area contributed by atoms with Crippen molar-refractivity contribution in [2.75, 3.05) is 11.4 Å². The van der Waals surface area contributed by atoms with Crippen LogP contribution < -0.4 is 4.90 Å². The van der Waals surface area contributed by atoms with E-state index in [1.807, 2.05) is 18.2 Å². The Morgan fingerprint density at radius 2 is 1.83 bits per heavy atom. The highest BCUT2D eigenvalue weighted by Crippen LogP contribution is 2.36. The molecule has 0 radical (unpaired) electrons. The quantitative estimate of drug-likeness (QED) is 0.852. The van der Waals surface area contributed by atoms with E-state index in [-0.39, 0.29) is 5.54 Å². The van der Waals surface area contributed by atoms with E-state index in [4.69, 9.17) is 0 Å². The first-order valence-electron chi connectivity index (χ1n) is 7.61. The summed E-state index contributed by atoms with van der Waals surface area (Å²) in [7, 11) is 0. The van der Waals surface area contributed by atoms with E-state index in [0.29, 0.717) is 5.82 Å². The van der Waals surface area contributed by atoms with Crippen molar-refractivity contribution >= 4 is 5.82 Å². The van der Waals surface area contributed by atoms with Crippen molar-refractivity contribution in [3.8, 4) is 0 Å². The van der Waals surface area contributed by atoms with E-state index < -0.39 is 11.9 Å². The number of anilines is 1. The molecule has 1 aliphatic rings. The number of benzene rings is 1. The maximum absolute atomic E-state index is 12.6. The van der Waals surface area contributed by atoms with Crippen LogP contribution in [0.25, 0.3) is 0 Å². The van der Waals surface area contributed by atoms with E-state index in [9.17, 15) is 13.2 Å². The topological polar surface area (TPSA) is 29.0 Å². The Hall–Kier alpha value is -2.11. The van der Waals surface area contributed by atoms with Gasteiger partial charge in [-0.05, 0) is 43.9 Å². The minimum atomic E-state index is -4.45. The summed E-state index contributed by atoms with van der Waals surface area (Å²) in [4.78, 5) is 2.08. The van der Waals surface area contributed by atoms with E-state index in [1.54, 1.807) is 0 Å². The van der Waals surface area contributed by atoms with Gasteiger partial charge in [0.05, 0.1) is 0 Å². The highest BCUT2D eigenvalue weighted by Gasteiger charge is 2.38. The van der Waals surface area contributed by atoms with Gasteiger partial charge in [0, 0.05) is 12.1 Å². The third-order valence-corrected chi connectivity index (χ3v) is 4.39. The molecule has 1 unspecified atom stereocenters. The van der Waals surface area contributed by atoms with Crippen molar-refractivity contribution < 1.29 is 13.2 Å². The molecule has 1 aliphatic heterocycles. The van der Waals surface area contributed by atoms with Crippen LogP contribution in [-0.2, 0) is 12.6 Å². The van der Waals surface area contributed by atoms with E-state index >= 15 is 0 Å². The van der Waals surface area contributed by atoms with Gasteiger partial charge in [-0.2, -0.15) is 13.2 Å². The second-order valence-electron chi connectivity index (χ2n) is 6.19. The fourth-order valence-electron chi connectivity index (χ4n) is 3.25. The van der Waals surface area contributed by atoms with Gasteiger partial charge in [0.25, 0.3) is 0 Å². The molecule has 6 heteroatoms. The first kappa shape index (κ1) is 15.8. The molecule has 1 aromatic carbocycles. The zero-order valence-corrected chi connectivity index (χ0v) is 12.8. The van der Waals surface area contributed by atoms with Gasteiger partial charge in [-0.15, -0.1) is 10.2 Å². The molecule has 0 aliphatic carbocycles. The highest BCUT2D eigenvalue weighted by molar-refractivity contribution is 5.44. The Morgan fingerprint density at radius 3 is 2.43 bits per heavy atom. The van der Waals surface area contributed by atoms with Crippen molar-refractivity contribution in [3.05, 3.63) is 53.7 Å². The summed E-state index contributed by atoms with van der Waals surface area (Å²) in [5.41, 5.74) is 0.0995. The Balaban J connectivity index is 1.83. The maximum Gasteiger partial charge on any atom is 0.435 e. The average molecular weight is 321 g/mol. The van der Waals surface area contributed by atoms with Crippen LogP contribution >= 0.6 is 0 Å². The fraction of sp³-hybridized carbons (Fsp3) is 0.412. The van der Waals surface area contributed by atoms with Gasteiger partial charge in [0.1, 0.15) is 0 Å². The number of hydrogen-bond acceptors (Lipinski definition) is 3. The van der Waals surface area contributed by atoms with Gasteiger partial charge in [-0.25, -0.2) is 0 Å². The minimum Gasteiger partial charge on any atom is -0.349 e. The van der Waals surface area contributed by atoms with E-state index in [0.717, 1.165) is 31.9 Å². The molecule has 1 saturated heterocycles. The smallest absolute Gasteiger partial charge is 0.349 e. The normalized spacial score (nSPS) is 21.7. The van der Waals surface area contributed by atoms with Crippen LogP contribution in [0.3, 0.4) is 0 Å². The molecule has 1 aromatic heterocycles. The van der Waals surface area contributed by atoms with E-state index in [2.05, 4.69) is 34.2 Å². The number of halogens is 3. The van der Waals surface area contributed by atoms with Crippen molar-refractivity contribution in [2.24, 2.45) is 0 Å². The second kappa shape index (κ2) is 5.83. The predicted molar refractivity (Wildman–Crippen MR) is 82.2 cm³/mol. The lowest BCUT2D eigenvalue weighted by molar-refractivity contribution is -0.141. The van der Waals surface area contributed by atoms with Crippen LogP contribution in [0.5, 0.6) is 0 Å².